The lowest BCUT2D eigenvalue weighted by molar-refractivity contribution is 0.0599. The van der Waals surface area contributed by atoms with Crippen LogP contribution in [0.2, 0.25) is 0 Å². The fourth-order valence-corrected chi connectivity index (χ4v) is 3.15. The van der Waals surface area contributed by atoms with Gasteiger partial charge in [-0.2, -0.15) is 0 Å². The van der Waals surface area contributed by atoms with Crippen molar-refractivity contribution in [1.29, 1.82) is 0 Å². The van der Waals surface area contributed by atoms with Crippen molar-refractivity contribution in [3.63, 3.8) is 0 Å². The number of benzene rings is 2. The van der Waals surface area contributed by atoms with E-state index in [0.29, 0.717) is 33.2 Å². The Kier molecular flexibility index (Phi) is 2.72. The van der Waals surface area contributed by atoms with E-state index < -0.39 is 11.5 Å². The van der Waals surface area contributed by atoms with E-state index in [1.165, 1.54) is 7.11 Å². The first-order valence-corrected chi connectivity index (χ1v) is 7.05. The Morgan fingerprint density at radius 2 is 1.65 bits per heavy atom. The number of hydrogen-bond acceptors (Lipinski definition) is 4. The van der Waals surface area contributed by atoms with Gasteiger partial charge < -0.3 is 9.72 Å². The lowest BCUT2D eigenvalue weighted by Crippen LogP contribution is -2.23. The number of fused-ring (bicyclic) bond motifs is 2. The number of H-pyrrole nitrogens is 1. The summed E-state index contributed by atoms with van der Waals surface area (Å²) in [6.07, 6.45) is 0. The summed E-state index contributed by atoms with van der Waals surface area (Å²) in [5.74, 6) is -0.844. The van der Waals surface area contributed by atoms with Crippen molar-refractivity contribution >= 4 is 22.7 Å². The van der Waals surface area contributed by atoms with E-state index in [-0.39, 0.29) is 11.3 Å². The molecule has 3 aromatic rings. The molecule has 0 amide bonds. The summed E-state index contributed by atoms with van der Waals surface area (Å²) < 4.78 is 4.77. The van der Waals surface area contributed by atoms with Gasteiger partial charge in [-0.05, 0) is 11.6 Å². The van der Waals surface area contributed by atoms with Crippen LogP contribution in [0.4, 0.5) is 0 Å². The van der Waals surface area contributed by atoms with Crippen molar-refractivity contribution in [2.24, 2.45) is 0 Å². The number of methoxy groups -OCH3 is 1. The molecule has 5 heteroatoms. The van der Waals surface area contributed by atoms with Crippen molar-refractivity contribution in [2.75, 3.05) is 7.11 Å². The van der Waals surface area contributed by atoms with Gasteiger partial charge in [-0.1, -0.05) is 36.4 Å². The van der Waals surface area contributed by atoms with Gasteiger partial charge in [-0.15, -0.1) is 0 Å². The van der Waals surface area contributed by atoms with E-state index >= 15 is 0 Å². The molecule has 1 aliphatic rings. The third-order valence-electron chi connectivity index (χ3n) is 4.11. The lowest BCUT2D eigenvalue weighted by atomic mass is 9.82. The zero-order valence-corrected chi connectivity index (χ0v) is 12.2. The minimum Gasteiger partial charge on any atom is -0.465 e. The van der Waals surface area contributed by atoms with Crippen molar-refractivity contribution in [2.45, 2.75) is 0 Å². The number of aromatic nitrogens is 1. The summed E-state index contributed by atoms with van der Waals surface area (Å²) in [5.41, 5.74) is 1.90. The maximum atomic E-state index is 12.7. The predicted octanol–water partition coefficient (Wildman–Crippen LogP) is 2.53. The second-order valence-electron chi connectivity index (χ2n) is 5.30. The number of carbonyl (C=O) groups is 2. The highest BCUT2D eigenvalue weighted by atomic mass is 16.5. The number of esters is 1. The molecule has 0 aliphatic heterocycles. The number of nitrogens with one attached hydrogen (secondary N) is 1. The number of hydrogen-bond donors (Lipinski definition) is 1. The van der Waals surface area contributed by atoms with E-state index in [2.05, 4.69) is 4.98 Å². The molecule has 1 aliphatic carbocycles. The predicted molar refractivity (Wildman–Crippen MR) is 84.8 cm³/mol. The molecule has 1 heterocycles. The van der Waals surface area contributed by atoms with Gasteiger partial charge in [-0.3, -0.25) is 9.59 Å². The van der Waals surface area contributed by atoms with Gasteiger partial charge in [0.05, 0.1) is 7.11 Å². The third kappa shape index (κ3) is 1.70. The van der Waals surface area contributed by atoms with Crippen LogP contribution in [-0.4, -0.2) is 23.8 Å². The topological polar surface area (TPSA) is 76.2 Å². The fraction of sp³-hybridized carbons (Fsp3) is 0.0556. The number of ketones is 1. The molecule has 0 unspecified atom stereocenters. The summed E-state index contributed by atoms with van der Waals surface area (Å²) >= 11 is 0. The molecule has 112 valence electrons. The molecule has 5 nitrogen and oxygen atoms in total. The summed E-state index contributed by atoms with van der Waals surface area (Å²) in [5, 5.41) is 0.580. The quantitative estimate of drug-likeness (QED) is 0.548. The highest BCUT2D eigenvalue weighted by molar-refractivity contribution is 6.27. The van der Waals surface area contributed by atoms with Crippen LogP contribution in [0.25, 0.3) is 22.0 Å². The van der Waals surface area contributed by atoms with Crippen LogP contribution < -0.4 is 5.56 Å². The Balaban J connectivity index is 2.31. The number of aromatic amines is 1. The molecule has 0 saturated heterocycles. The van der Waals surface area contributed by atoms with Crippen LogP contribution in [0.1, 0.15) is 26.3 Å². The Labute approximate surface area is 130 Å². The molecule has 4 rings (SSSR count). The first-order valence-electron chi connectivity index (χ1n) is 7.05. The highest BCUT2D eigenvalue weighted by Gasteiger charge is 2.30. The second kappa shape index (κ2) is 4.64. The van der Waals surface area contributed by atoms with E-state index in [1.807, 2.05) is 0 Å². The van der Waals surface area contributed by atoms with Crippen LogP contribution in [0.15, 0.2) is 47.3 Å². The molecular formula is C18H11NO4. The largest absolute Gasteiger partial charge is 0.465 e. The van der Waals surface area contributed by atoms with Crippen LogP contribution in [0.3, 0.4) is 0 Å². The standard InChI is InChI=1S/C18H11NO4/c1-23-18(22)15-14-9-5-2-3-6-10(9)16(20)11-7-4-8-12(13(11)14)19-17(15)21/h2-8H,1H3,(H,19,21). The number of carbonyl (C=O) groups excluding carboxylic acids is 2. The van der Waals surface area contributed by atoms with E-state index in [1.54, 1.807) is 42.5 Å². The van der Waals surface area contributed by atoms with E-state index in [9.17, 15) is 14.4 Å². The third-order valence-corrected chi connectivity index (χ3v) is 4.11. The zero-order valence-electron chi connectivity index (χ0n) is 12.2. The first-order chi connectivity index (χ1) is 11.1. The fourth-order valence-electron chi connectivity index (χ4n) is 3.15. The monoisotopic (exact) mass is 305 g/mol. The summed E-state index contributed by atoms with van der Waals surface area (Å²) in [6, 6.07) is 12.1. The summed E-state index contributed by atoms with van der Waals surface area (Å²) in [7, 11) is 1.23. The van der Waals surface area contributed by atoms with E-state index in [4.69, 9.17) is 4.74 Å². The maximum Gasteiger partial charge on any atom is 0.344 e. The van der Waals surface area contributed by atoms with Gasteiger partial charge >= 0.3 is 5.97 Å². The normalized spacial score (nSPS) is 12.1. The van der Waals surface area contributed by atoms with Crippen LogP contribution in [0.5, 0.6) is 0 Å². The van der Waals surface area contributed by atoms with Crippen molar-refractivity contribution in [3.05, 3.63) is 69.5 Å². The molecule has 0 saturated carbocycles. The average Bonchev–Trinajstić information content (AvgIpc) is 2.58. The van der Waals surface area contributed by atoms with E-state index in [0.717, 1.165) is 0 Å². The zero-order chi connectivity index (χ0) is 16.1. The first kappa shape index (κ1) is 13.5. The van der Waals surface area contributed by atoms with Gasteiger partial charge in [0.1, 0.15) is 5.56 Å². The van der Waals surface area contributed by atoms with Crippen molar-refractivity contribution < 1.29 is 14.3 Å². The maximum absolute atomic E-state index is 12.7. The van der Waals surface area contributed by atoms with Gasteiger partial charge in [-0.25, -0.2) is 4.79 Å². The van der Waals surface area contributed by atoms with Crippen LogP contribution in [0, 0.1) is 0 Å². The Morgan fingerprint density at radius 3 is 2.39 bits per heavy atom. The Morgan fingerprint density at radius 1 is 0.957 bits per heavy atom. The van der Waals surface area contributed by atoms with Gasteiger partial charge in [0.15, 0.2) is 5.78 Å². The second-order valence-corrected chi connectivity index (χ2v) is 5.30. The minimum atomic E-state index is -0.720. The molecule has 0 fully saturated rings. The Bertz CT molecular complexity index is 1060. The van der Waals surface area contributed by atoms with Crippen LogP contribution in [-0.2, 0) is 4.74 Å². The summed E-state index contributed by atoms with van der Waals surface area (Å²) in [6.45, 7) is 0. The van der Waals surface area contributed by atoms with Crippen molar-refractivity contribution in [3.8, 4) is 11.1 Å². The highest BCUT2D eigenvalue weighted by Crippen LogP contribution is 2.39. The molecule has 1 N–H and O–H groups in total. The molecule has 23 heavy (non-hydrogen) atoms. The number of ether oxygens (including phenoxy) is 1. The smallest absolute Gasteiger partial charge is 0.344 e. The molecular weight excluding hydrogens is 294 g/mol. The van der Waals surface area contributed by atoms with Gasteiger partial charge in [0.2, 0.25) is 0 Å². The minimum absolute atomic E-state index is 0.0765. The number of pyridine rings is 1. The molecule has 0 atom stereocenters. The molecule has 0 spiro atoms. The van der Waals surface area contributed by atoms with Gasteiger partial charge in [0, 0.05) is 27.6 Å². The Hall–Kier alpha value is -3.21. The average molecular weight is 305 g/mol. The molecule has 0 bridgehead atoms. The number of rotatable bonds is 1. The SMILES string of the molecule is COC(=O)c1c2c3c(cccc3[nH]c1=O)C(=O)c1ccccc1-2. The molecule has 2 aromatic carbocycles. The van der Waals surface area contributed by atoms with Crippen LogP contribution >= 0.6 is 0 Å². The summed E-state index contributed by atoms with van der Waals surface area (Å²) in [4.78, 5) is 39.9. The molecule has 1 aromatic heterocycles. The van der Waals surface area contributed by atoms with Crippen molar-refractivity contribution in [1.82, 2.24) is 4.98 Å². The molecule has 0 radical (unpaired) electrons. The lowest BCUT2D eigenvalue weighted by Gasteiger charge is -2.21. The van der Waals surface area contributed by atoms with Gasteiger partial charge in [0.25, 0.3) is 5.56 Å².